The Balaban J connectivity index is 2.69. The van der Waals surface area contributed by atoms with Crippen LogP contribution < -0.4 is 4.89 Å². The predicted molar refractivity (Wildman–Crippen MR) is 54.2 cm³/mol. The second-order valence-corrected chi connectivity index (χ2v) is 3.25. The molecule has 0 bridgehead atoms. The zero-order valence-corrected chi connectivity index (χ0v) is 8.90. The van der Waals surface area contributed by atoms with Crippen molar-refractivity contribution >= 4 is 5.97 Å². The molecule has 1 aromatic rings. The van der Waals surface area contributed by atoms with Gasteiger partial charge >= 0.3 is 5.97 Å². The Bertz CT molecular complexity index is 365. The summed E-state index contributed by atoms with van der Waals surface area (Å²) in [5.74, 6) is -1.39. The molecule has 0 aliphatic carbocycles. The molecule has 0 heterocycles. The number of hydrogen-bond donors (Lipinski definition) is 1. The van der Waals surface area contributed by atoms with Crippen molar-refractivity contribution in [1.82, 2.24) is 0 Å². The average molecular weight is 228 g/mol. The Morgan fingerprint density at radius 3 is 2.88 bits per heavy atom. The predicted octanol–water partition coefficient (Wildman–Crippen LogP) is 1.61. The molecule has 4 nitrogen and oxygen atoms in total. The maximum atomic E-state index is 13.2. The first-order valence-electron chi connectivity index (χ1n) is 4.88. The minimum absolute atomic E-state index is 0.0670. The number of hydrogen-bond acceptors (Lipinski definition) is 4. The van der Waals surface area contributed by atoms with Crippen LogP contribution in [0.4, 0.5) is 4.39 Å². The third-order valence-corrected chi connectivity index (χ3v) is 1.87. The van der Waals surface area contributed by atoms with Crippen LogP contribution in [0.5, 0.6) is 5.75 Å². The summed E-state index contributed by atoms with van der Waals surface area (Å²) in [7, 11) is 0. The highest BCUT2D eigenvalue weighted by Crippen LogP contribution is 2.19. The molecule has 0 atom stereocenters. The molecule has 1 rings (SSSR count). The van der Waals surface area contributed by atoms with Crippen LogP contribution in [0.1, 0.15) is 18.9 Å². The van der Waals surface area contributed by atoms with Gasteiger partial charge in [-0.05, 0) is 30.5 Å². The third kappa shape index (κ3) is 3.86. The van der Waals surface area contributed by atoms with E-state index in [-0.39, 0.29) is 12.4 Å². The molecule has 0 spiro atoms. The molecule has 0 saturated heterocycles. The Hall–Kier alpha value is -1.62. The average Bonchev–Trinajstić information content (AvgIpc) is 2.26. The standard InChI is InChI=1S/C11H13FO4/c1-8(14)15-16-11-7-9(3-2-6-13)4-5-10(11)12/h4-5,7,13H,2-3,6H2,1H3. The lowest BCUT2D eigenvalue weighted by Crippen LogP contribution is -2.04. The van der Waals surface area contributed by atoms with E-state index in [2.05, 4.69) is 9.78 Å². The highest BCUT2D eigenvalue weighted by atomic mass is 19.1. The number of carbonyl (C=O) groups excluding carboxylic acids is 1. The largest absolute Gasteiger partial charge is 0.396 e. The first-order chi connectivity index (χ1) is 7.63. The van der Waals surface area contributed by atoms with Gasteiger partial charge in [-0.2, -0.15) is 0 Å². The smallest absolute Gasteiger partial charge is 0.352 e. The maximum absolute atomic E-state index is 13.2. The van der Waals surface area contributed by atoms with E-state index in [1.54, 1.807) is 6.07 Å². The second kappa shape index (κ2) is 6.07. The molecule has 5 heteroatoms. The minimum atomic E-state index is -0.653. The van der Waals surface area contributed by atoms with Gasteiger partial charge < -0.3 is 5.11 Å². The number of rotatable bonds is 5. The summed E-state index contributed by atoms with van der Waals surface area (Å²) in [6.07, 6.45) is 1.19. The lowest BCUT2D eigenvalue weighted by atomic mass is 10.1. The maximum Gasteiger partial charge on any atom is 0.352 e. The van der Waals surface area contributed by atoms with Gasteiger partial charge in [0.2, 0.25) is 5.75 Å². The van der Waals surface area contributed by atoms with Crippen molar-refractivity contribution in [1.29, 1.82) is 0 Å². The van der Waals surface area contributed by atoms with Crippen LogP contribution in [0.2, 0.25) is 0 Å². The van der Waals surface area contributed by atoms with E-state index in [4.69, 9.17) is 5.11 Å². The fourth-order valence-corrected chi connectivity index (χ4v) is 1.15. The van der Waals surface area contributed by atoms with Crippen LogP contribution in [0.25, 0.3) is 0 Å². The Morgan fingerprint density at radius 2 is 2.25 bits per heavy atom. The van der Waals surface area contributed by atoms with Crippen molar-refractivity contribution in [3.8, 4) is 5.75 Å². The van der Waals surface area contributed by atoms with Crippen LogP contribution in [0, 0.1) is 5.82 Å². The van der Waals surface area contributed by atoms with Crippen LogP contribution in [0.15, 0.2) is 18.2 Å². The van der Waals surface area contributed by atoms with Crippen molar-refractivity contribution in [3.05, 3.63) is 29.6 Å². The zero-order valence-electron chi connectivity index (χ0n) is 8.90. The van der Waals surface area contributed by atoms with Crippen LogP contribution in [-0.2, 0) is 16.1 Å². The molecule has 0 radical (unpaired) electrons. The van der Waals surface area contributed by atoms with E-state index in [0.717, 1.165) is 12.5 Å². The van der Waals surface area contributed by atoms with Gasteiger partial charge in [-0.15, -0.1) is 0 Å². The number of aryl methyl sites for hydroxylation is 1. The summed E-state index contributed by atoms with van der Waals surface area (Å²) >= 11 is 0. The second-order valence-electron chi connectivity index (χ2n) is 3.25. The van der Waals surface area contributed by atoms with Gasteiger partial charge in [0.15, 0.2) is 5.82 Å². The molecule has 0 saturated carbocycles. The first-order valence-corrected chi connectivity index (χ1v) is 4.88. The number of carbonyl (C=O) groups is 1. The van der Waals surface area contributed by atoms with E-state index in [1.165, 1.54) is 12.1 Å². The lowest BCUT2D eigenvalue weighted by molar-refractivity contribution is -0.211. The van der Waals surface area contributed by atoms with Crippen molar-refractivity contribution < 1.29 is 24.1 Å². The quantitative estimate of drug-likeness (QED) is 0.614. The van der Waals surface area contributed by atoms with Crippen molar-refractivity contribution in [2.75, 3.05) is 6.61 Å². The molecule has 0 amide bonds. The Morgan fingerprint density at radius 1 is 1.50 bits per heavy atom. The summed E-state index contributed by atoms with van der Waals surface area (Å²) in [5.41, 5.74) is 0.803. The highest BCUT2D eigenvalue weighted by Gasteiger charge is 2.07. The summed E-state index contributed by atoms with van der Waals surface area (Å²) in [4.78, 5) is 19.3. The fourth-order valence-electron chi connectivity index (χ4n) is 1.15. The van der Waals surface area contributed by atoms with Crippen molar-refractivity contribution in [2.24, 2.45) is 0 Å². The monoisotopic (exact) mass is 228 g/mol. The molecule has 0 aliphatic heterocycles. The first kappa shape index (κ1) is 12.4. The number of benzene rings is 1. The van der Waals surface area contributed by atoms with Gasteiger partial charge in [-0.25, -0.2) is 9.18 Å². The summed E-state index contributed by atoms with van der Waals surface area (Å²) in [6, 6.07) is 4.26. The lowest BCUT2D eigenvalue weighted by Gasteiger charge is -2.05. The number of aliphatic hydroxyl groups excluding tert-OH is 1. The van der Waals surface area contributed by atoms with Crippen molar-refractivity contribution in [3.63, 3.8) is 0 Å². The Labute approximate surface area is 92.5 Å². The van der Waals surface area contributed by atoms with E-state index in [0.29, 0.717) is 12.8 Å². The molecule has 88 valence electrons. The molecular weight excluding hydrogens is 215 g/mol. The minimum Gasteiger partial charge on any atom is -0.396 e. The topological polar surface area (TPSA) is 55.8 Å². The zero-order chi connectivity index (χ0) is 12.0. The molecule has 1 aromatic carbocycles. The van der Waals surface area contributed by atoms with Gasteiger partial charge in [0.25, 0.3) is 0 Å². The van der Waals surface area contributed by atoms with E-state index < -0.39 is 11.8 Å². The molecule has 16 heavy (non-hydrogen) atoms. The molecular formula is C11H13FO4. The van der Waals surface area contributed by atoms with E-state index in [1.807, 2.05) is 0 Å². The van der Waals surface area contributed by atoms with E-state index in [9.17, 15) is 9.18 Å². The molecule has 0 fully saturated rings. The van der Waals surface area contributed by atoms with E-state index >= 15 is 0 Å². The van der Waals surface area contributed by atoms with Crippen molar-refractivity contribution in [2.45, 2.75) is 19.8 Å². The van der Waals surface area contributed by atoms with Crippen LogP contribution in [0.3, 0.4) is 0 Å². The fraction of sp³-hybridized carbons (Fsp3) is 0.364. The molecule has 1 N–H and O–H groups in total. The van der Waals surface area contributed by atoms with Gasteiger partial charge in [-0.1, -0.05) is 6.07 Å². The van der Waals surface area contributed by atoms with Gasteiger partial charge in [0.1, 0.15) is 0 Å². The normalized spacial score (nSPS) is 9.94. The third-order valence-electron chi connectivity index (χ3n) is 1.87. The summed E-state index contributed by atoms with van der Waals surface area (Å²) in [6.45, 7) is 1.23. The summed E-state index contributed by atoms with van der Waals surface area (Å²) < 4.78 is 13.2. The molecule has 0 aromatic heterocycles. The number of aliphatic hydroxyl groups is 1. The van der Waals surface area contributed by atoms with Crippen LogP contribution in [-0.4, -0.2) is 17.7 Å². The number of halogens is 1. The van der Waals surface area contributed by atoms with Crippen LogP contribution >= 0.6 is 0 Å². The molecule has 0 unspecified atom stereocenters. The van der Waals surface area contributed by atoms with Gasteiger partial charge in [0, 0.05) is 13.5 Å². The SMILES string of the molecule is CC(=O)OOc1cc(CCCO)ccc1F. The van der Waals surface area contributed by atoms with Gasteiger partial charge in [-0.3, -0.25) is 9.78 Å². The molecule has 0 aliphatic rings. The summed E-state index contributed by atoms with van der Waals surface area (Å²) in [5, 5.41) is 8.65. The van der Waals surface area contributed by atoms with Gasteiger partial charge in [0.05, 0.1) is 0 Å². The Kier molecular flexibility index (Phi) is 4.72. The highest BCUT2D eigenvalue weighted by molar-refractivity contribution is 5.65.